The number of nitrogens with one attached hydrogen (secondary N) is 2. The molecule has 1 aromatic heterocycles. The highest BCUT2D eigenvalue weighted by molar-refractivity contribution is 7.98. The van der Waals surface area contributed by atoms with Crippen LogP contribution in [0, 0.1) is 0 Å². The fraction of sp³-hybridized carbons (Fsp3) is 0.240. The SMILES string of the molecule is C=CCNC(=O)NS(=O)(=O)c1ccccc1-c1ccc(Cn2c(CCC)nc(SC)c2OC(=O)O)cc1. The first-order valence-electron chi connectivity index (χ1n) is 11.3. The summed E-state index contributed by atoms with van der Waals surface area (Å²) < 4.78 is 34.6. The Morgan fingerprint density at radius 1 is 1.19 bits per heavy atom. The van der Waals surface area contributed by atoms with Crippen molar-refractivity contribution in [3.8, 4) is 17.0 Å². The average Bonchev–Trinajstić information content (AvgIpc) is 3.18. The number of benzene rings is 2. The van der Waals surface area contributed by atoms with E-state index in [1.54, 1.807) is 41.2 Å². The lowest BCUT2D eigenvalue weighted by molar-refractivity contribution is 0.139. The summed E-state index contributed by atoms with van der Waals surface area (Å²) >= 11 is 1.30. The Hall–Kier alpha value is -3.77. The Bertz CT molecular complexity index is 1380. The van der Waals surface area contributed by atoms with Gasteiger partial charge in [0, 0.05) is 18.5 Å². The highest BCUT2D eigenvalue weighted by Crippen LogP contribution is 2.31. The van der Waals surface area contributed by atoms with Gasteiger partial charge in [0.05, 0.1) is 11.4 Å². The third-order valence-electron chi connectivity index (χ3n) is 5.24. The standard InChI is InChI=1S/C25H28N4O6S2/c1-4-8-21-27-22(36-3)23(35-25(31)32)29(21)16-17-11-13-18(14-12-17)19-9-6-7-10-20(19)37(33,34)28-24(30)26-15-5-2/h5-7,9-14H,2,4,8,15-16H2,1,3H3,(H,31,32)(H2,26,28,30). The molecule has 0 unspecified atom stereocenters. The highest BCUT2D eigenvalue weighted by Gasteiger charge is 2.23. The van der Waals surface area contributed by atoms with Crippen molar-refractivity contribution in [1.29, 1.82) is 0 Å². The lowest BCUT2D eigenvalue weighted by Crippen LogP contribution is -2.39. The molecule has 0 fully saturated rings. The van der Waals surface area contributed by atoms with Gasteiger partial charge in [-0.15, -0.1) is 18.3 Å². The molecule has 3 rings (SSSR count). The number of aryl methyl sites for hydroxylation is 1. The van der Waals surface area contributed by atoms with Gasteiger partial charge in [0.1, 0.15) is 5.82 Å². The van der Waals surface area contributed by atoms with Crippen LogP contribution in [-0.4, -0.2) is 48.1 Å². The van der Waals surface area contributed by atoms with Crippen molar-refractivity contribution < 1.29 is 27.9 Å². The minimum Gasteiger partial charge on any atom is -0.449 e. The summed E-state index contributed by atoms with van der Waals surface area (Å²) in [6, 6.07) is 12.7. The van der Waals surface area contributed by atoms with Crippen LogP contribution in [0.5, 0.6) is 5.88 Å². The van der Waals surface area contributed by atoms with E-state index >= 15 is 0 Å². The predicted molar refractivity (Wildman–Crippen MR) is 142 cm³/mol. The van der Waals surface area contributed by atoms with Crippen LogP contribution < -0.4 is 14.8 Å². The van der Waals surface area contributed by atoms with Gasteiger partial charge in [-0.25, -0.2) is 27.7 Å². The van der Waals surface area contributed by atoms with E-state index in [1.165, 1.54) is 23.9 Å². The van der Waals surface area contributed by atoms with Crippen molar-refractivity contribution in [2.24, 2.45) is 0 Å². The highest BCUT2D eigenvalue weighted by atomic mass is 32.2. The molecule has 2 amide bonds. The number of aromatic nitrogens is 2. The largest absolute Gasteiger partial charge is 0.512 e. The number of imidazole rings is 1. The smallest absolute Gasteiger partial charge is 0.449 e. The van der Waals surface area contributed by atoms with Crippen molar-refractivity contribution >= 4 is 34.0 Å². The molecule has 0 spiro atoms. The second kappa shape index (κ2) is 12.5. The summed E-state index contributed by atoms with van der Waals surface area (Å²) in [5.41, 5.74) is 1.89. The van der Waals surface area contributed by atoms with E-state index in [-0.39, 0.29) is 17.3 Å². The zero-order chi connectivity index (χ0) is 27.0. The van der Waals surface area contributed by atoms with E-state index in [2.05, 4.69) is 16.9 Å². The Morgan fingerprint density at radius 3 is 2.51 bits per heavy atom. The van der Waals surface area contributed by atoms with Crippen LogP contribution in [0.4, 0.5) is 9.59 Å². The van der Waals surface area contributed by atoms with Gasteiger partial charge in [-0.3, -0.25) is 4.57 Å². The second-order valence-electron chi connectivity index (χ2n) is 7.84. The molecule has 0 bridgehead atoms. The summed E-state index contributed by atoms with van der Waals surface area (Å²) in [5.74, 6) is 0.884. The van der Waals surface area contributed by atoms with Crippen molar-refractivity contribution in [2.75, 3.05) is 12.8 Å². The molecule has 196 valence electrons. The van der Waals surface area contributed by atoms with Crippen molar-refractivity contribution in [2.45, 2.75) is 36.2 Å². The number of amides is 2. The maximum atomic E-state index is 12.9. The third kappa shape index (κ3) is 6.92. The molecular formula is C25H28N4O6S2. The molecule has 0 aliphatic heterocycles. The molecule has 37 heavy (non-hydrogen) atoms. The number of rotatable bonds is 11. The Labute approximate surface area is 219 Å². The number of ether oxygens (including phenoxy) is 1. The van der Waals surface area contributed by atoms with Crippen LogP contribution in [-0.2, 0) is 23.0 Å². The zero-order valence-corrected chi connectivity index (χ0v) is 22.1. The minimum atomic E-state index is -4.14. The van der Waals surface area contributed by atoms with Crippen molar-refractivity contribution in [1.82, 2.24) is 19.6 Å². The Morgan fingerprint density at radius 2 is 1.89 bits per heavy atom. The normalized spacial score (nSPS) is 11.1. The van der Waals surface area contributed by atoms with Gasteiger partial charge >= 0.3 is 12.2 Å². The summed E-state index contributed by atoms with van der Waals surface area (Å²) in [4.78, 5) is 27.7. The number of thioether (sulfide) groups is 1. The maximum Gasteiger partial charge on any atom is 0.512 e. The first kappa shape index (κ1) is 27.8. The second-order valence-corrected chi connectivity index (χ2v) is 10.3. The fourth-order valence-electron chi connectivity index (χ4n) is 3.64. The van der Waals surface area contributed by atoms with Gasteiger partial charge in [0.25, 0.3) is 10.0 Å². The van der Waals surface area contributed by atoms with Crippen LogP contribution >= 0.6 is 11.8 Å². The zero-order valence-electron chi connectivity index (χ0n) is 20.4. The summed E-state index contributed by atoms with van der Waals surface area (Å²) in [6.45, 7) is 5.93. The van der Waals surface area contributed by atoms with Crippen LogP contribution in [0.1, 0.15) is 24.7 Å². The molecule has 0 aliphatic carbocycles. The summed E-state index contributed by atoms with van der Waals surface area (Å²) in [7, 11) is -4.14. The number of carbonyl (C=O) groups is 2. The molecule has 10 nitrogen and oxygen atoms in total. The van der Waals surface area contributed by atoms with Gasteiger partial charge in [0.15, 0.2) is 5.03 Å². The number of hydrogen-bond donors (Lipinski definition) is 3. The lowest BCUT2D eigenvalue weighted by atomic mass is 10.0. The number of carbonyl (C=O) groups excluding carboxylic acids is 1. The molecule has 0 saturated carbocycles. The predicted octanol–water partition coefficient (Wildman–Crippen LogP) is 4.50. The van der Waals surface area contributed by atoms with E-state index in [1.807, 2.05) is 23.8 Å². The molecular weight excluding hydrogens is 516 g/mol. The quantitative estimate of drug-likeness (QED) is 0.182. The number of urea groups is 1. The monoisotopic (exact) mass is 544 g/mol. The fourth-order valence-corrected chi connectivity index (χ4v) is 5.32. The minimum absolute atomic E-state index is 0.0434. The van der Waals surface area contributed by atoms with Crippen LogP contribution in [0.25, 0.3) is 11.1 Å². The van der Waals surface area contributed by atoms with Gasteiger partial charge in [-0.05, 0) is 29.9 Å². The molecule has 3 aromatic rings. The molecule has 0 aliphatic rings. The molecule has 12 heteroatoms. The summed E-state index contributed by atoms with van der Waals surface area (Å²) in [6.07, 6.45) is 3.29. The topological polar surface area (TPSA) is 140 Å². The molecule has 0 saturated heterocycles. The van der Waals surface area contributed by atoms with E-state index in [0.717, 1.165) is 12.0 Å². The molecule has 2 aromatic carbocycles. The van der Waals surface area contributed by atoms with Gasteiger partial charge < -0.3 is 15.2 Å². The van der Waals surface area contributed by atoms with Gasteiger partial charge in [-0.1, -0.05) is 55.5 Å². The first-order chi connectivity index (χ1) is 17.7. The third-order valence-corrected chi connectivity index (χ3v) is 7.28. The first-order valence-corrected chi connectivity index (χ1v) is 14.0. The van der Waals surface area contributed by atoms with Crippen molar-refractivity contribution in [3.05, 3.63) is 72.6 Å². The van der Waals surface area contributed by atoms with Crippen LogP contribution in [0.2, 0.25) is 0 Å². The Kier molecular flexibility index (Phi) is 9.36. The number of sulfonamides is 1. The van der Waals surface area contributed by atoms with E-state index in [9.17, 15) is 23.1 Å². The van der Waals surface area contributed by atoms with Crippen molar-refractivity contribution in [3.63, 3.8) is 0 Å². The molecule has 0 atom stereocenters. The van der Waals surface area contributed by atoms with E-state index in [0.29, 0.717) is 34.9 Å². The van der Waals surface area contributed by atoms with Gasteiger partial charge in [-0.2, -0.15) is 0 Å². The molecule has 3 N–H and O–H groups in total. The van der Waals surface area contributed by atoms with Crippen LogP contribution in [0.3, 0.4) is 0 Å². The van der Waals surface area contributed by atoms with Crippen LogP contribution in [0.15, 0.2) is 71.1 Å². The maximum absolute atomic E-state index is 12.9. The number of hydrogen-bond acceptors (Lipinski definition) is 7. The number of carboxylic acid groups (broad SMARTS) is 1. The van der Waals surface area contributed by atoms with Gasteiger partial charge in [0.2, 0.25) is 5.88 Å². The summed E-state index contributed by atoms with van der Waals surface area (Å²) in [5, 5.41) is 12.1. The van der Waals surface area contributed by atoms with E-state index < -0.39 is 22.2 Å². The molecule has 0 radical (unpaired) electrons. The van der Waals surface area contributed by atoms with E-state index in [4.69, 9.17) is 4.74 Å². The number of nitrogens with zero attached hydrogens (tertiary/aromatic N) is 2. The average molecular weight is 545 g/mol. The lowest BCUT2D eigenvalue weighted by Gasteiger charge is -2.14. The molecule has 1 heterocycles. The Balaban J connectivity index is 1.92.